The number of aromatic nitrogens is 3. The zero-order valence-electron chi connectivity index (χ0n) is 17.5. The molecule has 2 aromatic carbocycles. The molecule has 2 heterocycles. The van der Waals surface area contributed by atoms with Gasteiger partial charge in [0.1, 0.15) is 0 Å². The van der Waals surface area contributed by atoms with Crippen molar-refractivity contribution in [2.24, 2.45) is 0 Å². The summed E-state index contributed by atoms with van der Waals surface area (Å²) in [6.45, 7) is 8.95. The minimum absolute atomic E-state index is 0.101. The molecule has 0 spiro atoms. The topological polar surface area (TPSA) is 46.3 Å². The molecule has 0 aliphatic carbocycles. The molecule has 1 aromatic heterocycles. The van der Waals surface area contributed by atoms with Crippen molar-refractivity contribution in [3.8, 4) is 11.4 Å². The van der Waals surface area contributed by atoms with Gasteiger partial charge in [-0.3, -0.25) is 9.69 Å². The van der Waals surface area contributed by atoms with E-state index >= 15 is 0 Å². The Morgan fingerprint density at radius 2 is 1.67 bits per heavy atom. The number of rotatable bonds is 6. The van der Waals surface area contributed by atoms with Crippen LogP contribution < -0.4 is 4.90 Å². The fourth-order valence-corrected chi connectivity index (χ4v) is 4.18. The second-order valence-corrected chi connectivity index (χ2v) is 7.93. The molecule has 0 saturated carbocycles. The van der Waals surface area contributed by atoms with Gasteiger partial charge in [0.05, 0.1) is 6.67 Å². The zero-order chi connectivity index (χ0) is 21.1. The quantitative estimate of drug-likeness (QED) is 0.443. The Kier molecular flexibility index (Phi) is 6.11. The van der Waals surface area contributed by atoms with Gasteiger partial charge in [-0.05, 0) is 50.3 Å². The van der Waals surface area contributed by atoms with E-state index in [0.29, 0.717) is 6.67 Å². The molecule has 1 saturated heterocycles. The summed E-state index contributed by atoms with van der Waals surface area (Å²) in [7, 11) is 0. The average Bonchev–Trinajstić information content (AvgIpc) is 3.10. The standard InChI is InChI=1S/C23H27N5OS/c1-3-27-22(20-7-5-4-6-8-20)24-28(23(27)30)17-25-13-15-26(16-14-25)21-11-9-19(10-12-21)18(2)29/h4-12H,3,13-17H2,1-2H3. The summed E-state index contributed by atoms with van der Waals surface area (Å²) in [4.78, 5) is 16.2. The lowest BCUT2D eigenvalue weighted by Crippen LogP contribution is -2.47. The predicted octanol–water partition coefficient (Wildman–Crippen LogP) is 4.08. The van der Waals surface area contributed by atoms with Crippen molar-refractivity contribution in [1.82, 2.24) is 19.2 Å². The van der Waals surface area contributed by atoms with Crippen molar-refractivity contribution in [2.45, 2.75) is 27.1 Å². The van der Waals surface area contributed by atoms with E-state index < -0.39 is 0 Å². The Balaban J connectivity index is 1.43. The van der Waals surface area contributed by atoms with Crippen molar-refractivity contribution in [3.63, 3.8) is 0 Å². The van der Waals surface area contributed by atoms with Crippen LogP contribution in [0.15, 0.2) is 54.6 Å². The third kappa shape index (κ3) is 4.22. The zero-order valence-corrected chi connectivity index (χ0v) is 18.3. The summed E-state index contributed by atoms with van der Waals surface area (Å²) in [6, 6.07) is 18.1. The number of ketones is 1. The Labute approximate surface area is 182 Å². The minimum Gasteiger partial charge on any atom is -0.369 e. The monoisotopic (exact) mass is 421 g/mol. The predicted molar refractivity (Wildman–Crippen MR) is 122 cm³/mol. The molecular formula is C23H27N5OS. The summed E-state index contributed by atoms with van der Waals surface area (Å²) in [5.74, 6) is 1.02. The normalized spacial score (nSPS) is 14.8. The Morgan fingerprint density at radius 3 is 2.27 bits per heavy atom. The van der Waals surface area contributed by atoms with E-state index in [1.54, 1.807) is 6.92 Å². The van der Waals surface area contributed by atoms with E-state index in [2.05, 4.69) is 33.4 Å². The third-order valence-corrected chi connectivity index (χ3v) is 6.05. The fraction of sp³-hybridized carbons (Fsp3) is 0.348. The van der Waals surface area contributed by atoms with Gasteiger partial charge in [-0.1, -0.05) is 30.3 Å². The largest absolute Gasteiger partial charge is 0.369 e. The van der Waals surface area contributed by atoms with Gasteiger partial charge in [0.2, 0.25) is 0 Å². The molecular weight excluding hydrogens is 394 g/mol. The van der Waals surface area contributed by atoms with Crippen LogP contribution in [-0.2, 0) is 13.2 Å². The first-order valence-electron chi connectivity index (χ1n) is 10.4. The fourth-order valence-electron chi connectivity index (χ4n) is 3.86. The summed E-state index contributed by atoms with van der Waals surface area (Å²) >= 11 is 5.71. The van der Waals surface area contributed by atoms with Crippen LogP contribution in [-0.4, -0.2) is 51.2 Å². The third-order valence-electron chi connectivity index (χ3n) is 5.62. The second kappa shape index (κ2) is 8.93. The molecule has 1 aliphatic heterocycles. The molecule has 6 nitrogen and oxygen atoms in total. The summed E-state index contributed by atoms with van der Waals surface area (Å²) in [5, 5.41) is 4.84. The van der Waals surface area contributed by atoms with Crippen molar-refractivity contribution in [2.75, 3.05) is 31.1 Å². The maximum Gasteiger partial charge on any atom is 0.199 e. The summed E-state index contributed by atoms with van der Waals surface area (Å²) < 4.78 is 4.80. The van der Waals surface area contributed by atoms with Gasteiger partial charge in [-0.2, -0.15) is 5.10 Å². The molecule has 0 N–H and O–H groups in total. The first kappa shape index (κ1) is 20.5. The highest BCUT2D eigenvalue weighted by Crippen LogP contribution is 2.20. The van der Waals surface area contributed by atoms with E-state index in [1.165, 1.54) is 0 Å². The lowest BCUT2D eigenvalue weighted by Gasteiger charge is -2.35. The summed E-state index contributed by atoms with van der Waals surface area (Å²) in [6.07, 6.45) is 0. The number of carbonyl (C=O) groups excluding carboxylic acids is 1. The smallest absolute Gasteiger partial charge is 0.199 e. The molecule has 3 aromatic rings. The van der Waals surface area contributed by atoms with Gasteiger partial charge in [-0.25, -0.2) is 4.68 Å². The van der Waals surface area contributed by atoms with Crippen LogP contribution in [0.2, 0.25) is 0 Å². The molecule has 0 radical (unpaired) electrons. The van der Waals surface area contributed by atoms with Gasteiger partial charge in [0.25, 0.3) is 0 Å². The van der Waals surface area contributed by atoms with Gasteiger partial charge in [0, 0.05) is 49.5 Å². The first-order valence-corrected chi connectivity index (χ1v) is 10.8. The minimum atomic E-state index is 0.101. The van der Waals surface area contributed by atoms with Crippen LogP contribution in [0.1, 0.15) is 24.2 Å². The molecule has 7 heteroatoms. The van der Waals surface area contributed by atoms with Crippen LogP contribution in [0.5, 0.6) is 0 Å². The highest BCUT2D eigenvalue weighted by Gasteiger charge is 2.19. The lowest BCUT2D eigenvalue weighted by molar-refractivity contribution is 0.101. The van der Waals surface area contributed by atoms with Gasteiger partial charge in [0.15, 0.2) is 16.4 Å². The first-order chi connectivity index (χ1) is 14.6. The SMILES string of the molecule is CCn1c(-c2ccccc2)nn(CN2CCN(c3ccc(C(C)=O)cc3)CC2)c1=S. The van der Waals surface area contributed by atoms with Gasteiger partial charge < -0.3 is 9.47 Å². The lowest BCUT2D eigenvalue weighted by atomic mass is 10.1. The van der Waals surface area contributed by atoms with Crippen LogP contribution >= 0.6 is 12.2 Å². The number of benzene rings is 2. The molecule has 1 fully saturated rings. The number of carbonyl (C=O) groups is 1. The molecule has 156 valence electrons. The van der Waals surface area contributed by atoms with Crippen LogP contribution in [0.25, 0.3) is 11.4 Å². The highest BCUT2D eigenvalue weighted by molar-refractivity contribution is 7.71. The number of piperazine rings is 1. The molecule has 0 atom stereocenters. The Bertz CT molecular complexity index is 1060. The van der Waals surface area contributed by atoms with Crippen molar-refractivity contribution >= 4 is 23.7 Å². The average molecular weight is 422 g/mol. The van der Waals surface area contributed by atoms with Crippen LogP contribution in [0, 0.1) is 4.77 Å². The van der Waals surface area contributed by atoms with E-state index in [-0.39, 0.29) is 5.78 Å². The second-order valence-electron chi connectivity index (χ2n) is 7.57. The number of hydrogen-bond acceptors (Lipinski definition) is 5. The molecule has 0 unspecified atom stereocenters. The highest BCUT2D eigenvalue weighted by atomic mass is 32.1. The number of anilines is 1. The van der Waals surface area contributed by atoms with Gasteiger partial charge >= 0.3 is 0 Å². The molecule has 30 heavy (non-hydrogen) atoms. The maximum atomic E-state index is 11.5. The van der Waals surface area contributed by atoms with E-state index in [1.807, 2.05) is 47.1 Å². The number of nitrogens with zero attached hydrogens (tertiary/aromatic N) is 5. The molecule has 4 rings (SSSR count). The van der Waals surface area contributed by atoms with Crippen molar-refractivity contribution in [3.05, 3.63) is 64.9 Å². The molecule has 1 aliphatic rings. The van der Waals surface area contributed by atoms with Crippen LogP contribution in [0.3, 0.4) is 0 Å². The van der Waals surface area contributed by atoms with E-state index in [0.717, 1.165) is 60.1 Å². The van der Waals surface area contributed by atoms with Crippen LogP contribution in [0.4, 0.5) is 5.69 Å². The number of Topliss-reactive ketones (excluding diaryl/α,β-unsaturated/α-hetero) is 1. The van der Waals surface area contributed by atoms with E-state index in [4.69, 9.17) is 17.3 Å². The maximum absolute atomic E-state index is 11.5. The Hall–Kier alpha value is -2.77. The summed E-state index contributed by atoms with van der Waals surface area (Å²) in [5.41, 5.74) is 3.01. The van der Waals surface area contributed by atoms with E-state index in [9.17, 15) is 4.79 Å². The van der Waals surface area contributed by atoms with Crippen molar-refractivity contribution in [1.29, 1.82) is 0 Å². The Morgan fingerprint density at radius 1 is 1.00 bits per heavy atom. The van der Waals surface area contributed by atoms with Crippen molar-refractivity contribution < 1.29 is 4.79 Å². The van der Waals surface area contributed by atoms with Gasteiger partial charge in [-0.15, -0.1) is 0 Å². The molecule has 0 bridgehead atoms. The number of hydrogen-bond donors (Lipinski definition) is 0. The molecule has 0 amide bonds.